The van der Waals surface area contributed by atoms with Crippen LogP contribution in [-0.4, -0.2) is 44.6 Å². The van der Waals surface area contributed by atoms with E-state index < -0.39 is 34.2 Å². The zero-order valence-electron chi connectivity index (χ0n) is 16.7. The molecule has 0 aromatic heterocycles. The molecule has 0 bridgehead atoms. The Bertz CT molecular complexity index is 1130. The molecule has 0 aliphatic heterocycles. The normalized spacial score (nSPS) is 11.5. The minimum atomic E-state index is -4.48. The number of benzene rings is 2. The standard InChI is InChI=1S/C21H19F3N2O4S/c1-15(27)17-8-10-19(11-9-17)31(29,30)26(2)14-20(28)25-12-4-6-16-5-3-7-18(13-16)21(22,23)24/h3,5,7-11,13H,12,14H2,1-2H3,(H,25,28). The molecule has 2 rings (SSSR count). The fraction of sp³-hybridized carbons (Fsp3) is 0.238. The summed E-state index contributed by atoms with van der Waals surface area (Å²) in [4.78, 5) is 23.2. The lowest BCUT2D eigenvalue weighted by molar-refractivity contribution is -0.137. The fourth-order valence-electron chi connectivity index (χ4n) is 2.45. The molecule has 0 unspecified atom stereocenters. The molecule has 164 valence electrons. The second-order valence-corrected chi connectivity index (χ2v) is 8.54. The maximum absolute atomic E-state index is 12.7. The predicted octanol–water partition coefficient (Wildman–Crippen LogP) is 2.70. The van der Waals surface area contributed by atoms with Crippen LogP contribution >= 0.6 is 0 Å². The van der Waals surface area contributed by atoms with Crippen molar-refractivity contribution >= 4 is 21.7 Å². The third-order valence-electron chi connectivity index (χ3n) is 4.13. The lowest BCUT2D eigenvalue weighted by Crippen LogP contribution is -2.38. The van der Waals surface area contributed by atoms with E-state index >= 15 is 0 Å². The lowest BCUT2D eigenvalue weighted by Gasteiger charge is -2.16. The maximum Gasteiger partial charge on any atom is 0.416 e. The van der Waals surface area contributed by atoms with Gasteiger partial charge in [0.15, 0.2) is 5.78 Å². The van der Waals surface area contributed by atoms with Crippen molar-refractivity contribution < 1.29 is 31.2 Å². The number of carbonyl (C=O) groups excluding carboxylic acids is 2. The summed E-state index contributed by atoms with van der Waals surface area (Å²) in [5.41, 5.74) is -0.331. The molecule has 0 spiro atoms. The zero-order valence-corrected chi connectivity index (χ0v) is 17.5. The number of likely N-dealkylation sites (N-methyl/N-ethyl adjacent to an activating group) is 1. The molecule has 2 aromatic carbocycles. The number of hydrogen-bond acceptors (Lipinski definition) is 4. The summed E-state index contributed by atoms with van der Waals surface area (Å²) >= 11 is 0. The molecule has 0 atom stereocenters. The molecule has 2 aromatic rings. The minimum Gasteiger partial charge on any atom is -0.344 e. The summed E-state index contributed by atoms with van der Waals surface area (Å²) < 4.78 is 63.9. The Labute approximate surface area is 178 Å². The molecule has 0 saturated carbocycles. The number of hydrogen-bond donors (Lipinski definition) is 1. The van der Waals surface area contributed by atoms with Crippen molar-refractivity contribution in [3.05, 3.63) is 65.2 Å². The monoisotopic (exact) mass is 452 g/mol. The van der Waals surface area contributed by atoms with Crippen molar-refractivity contribution in [2.75, 3.05) is 20.1 Å². The Kier molecular flexibility index (Phi) is 7.60. The Morgan fingerprint density at radius 3 is 2.32 bits per heavy atom. The topological polar surface area (TPSA) is 83.6 Å². The smallest absolute Gasteiger partial charge is 0.344 e. The average molecular weight is 452 g/mol. The summed E-state index contributed by atoms with van der Waals surface area (Å²) in [6.45, 7) is 0.703. The Morgan fingerprint density at radius 2 is 1.74 bits per heavy atom. The first-order chi connectivity index (χ1) is 14.4. The molecule has 0 fully saturated rings. The van der Waals surface area contributed by atoms with E-state index in [0.29, 0.717) is 5.56 Å². The minimum absolute atomic E-state index is 0.0721. The molecule has 31 heavy (non-hydrogen) atoms. The number of rotatable bonds is 6. The highest BCUT2D eigenvalue weighted by atomic mass is 32.2. The summed E-state index contributed by atoms with van der Waals surface area (Å²) in [6.07, 6.45) is -4.48. The predicted molar refractivity (Wildman–Crippen MR) is 108 cm³/mol. The van der Waals surface area contributed by atoms with Gasteiger partial charge in [-0.05, 0) is 37.3 Å². The number of nitrogens with one attached hydrogen (secondary N) is 1. The van der Waals surface area contributed by atoms with Crippen molar-refractivity contribution in [1.29, 1.82) is 0 Å². The second kappa shape index (κ2) is 9.76. The quantitative estimate of drug-likeness (QED) is 0.540. The van der Waals surface area contributed by atoms with Gasteiger partial charge in [-0.15, -0.1) is 0 Å². The van der Waals surface area contributed by atoms with Crippen molar-refractivity contribution in [3.8, 4) is 11.8 Å². The zero-order chi connectivity index (χ0) is 23.2. The van der Waals surface area contributed by atoms with Gasteiger partial charge in [0.2, 0.25) is 15.9 Å². The van der Waals surface area contributed by atoms with Crippen molar-refractivity contribution in [2.24, 2.45) is 0 Å². The van der Waals surface area contributed by atoms with E-state index in [0.717, 1.165) is 16.4 Å². The third-order valence-corrected chi connectivity index (χ3v) is 5.95. The van der Waals surface area contributed by atoms with Crippen LogP contribution in [0.5, 0.6) is 0 Å². The molecule has 1 N–H and O–H groups in total. The van der Waals surface area contributed by atoms with Crippen LogP contribution in [0.4, 0.5) is 13.2 Å². The Balaban J connectivity index is 1.94. The number of nitrogens with zero attached hydrogens (tertiary/aromatic N) is 1. The van der Waals surface area contributed by atoms with Crippen LogP contribution in [0.3, 0.4) is 0 Å². The average Bonchev–Trinajstić information content (AvgIpc) is 2.70. The van der Waals surface area contributed by atoms with Crippen LogP contribution in [0.1, 0.15) is 28.4 Å². The third kappa shape index (κ3) is 6.67. The van der Waals surface area contributed by atoms with Gasteiger partial charge < -0.3 is 5.32 Å². The van der Waals surface area contributed by atoms with E-state index in [-0.39, 0.29) is 22.8 Å². The van der Waals surface area contributed by atoms with Crippen LogP contribution in [0, 0.1) is 11.8 Å². The van der Waals surface area contributed by atoms with E-state index in [2.05, 4.69) is 17.2 Å². The molecule has 0 radical (unpaired) electrons. The first-order valence-corrected chi connectivity index (χ1v) is 10.4. The Hall–Kier alpha value is -3.16. The van der Waals surface area contributed by atoms with Gasteiger partial charge in [0.1, 0.15) is 0 Å². The van der Waals surface area contributed by atoms with Gasteiger partial charge in [0, 0.05) is 18.2 Å². The number of carbonyl (C=O) groups is 2. The van der Waals surface area contributed by atoms with Gasteiger partial charge >= 0.3 is 6.18 Å². The van der Waals surface area contributed by atoms with Gasteiger partial charge in [-0.1, -0.05) is 30.0 Å². The van der Waals surface area contributed by atoms with Gasteiger partial charge in [-0.3, -0.25) is 9.59 Å². The highest BCUT2D eigenvalue weighted by Crippen LogP contribution is 2.29. The first kappa shape index (κ1) is 24.1. The summed E-state index contributed by atoms with van der Waals surface area (Å²) in [5, 5.41) is 2.39. The molecular weight excluding hydrogens is 433 g/mol. The van der Waals surface area contributed by atoms with E-state index in [9.17, 15) is 31.2 Å². The number of alkyl halides is 3. The fourth-order valence-corrected chi connectivity index (χ4v) is 3.57. The summed E-state index contributed by atoms with van der Waals surface area (Å²) in [5.74, 6) is 4.19. The van der Waals surface area contributed by atoms with Crippen molar-refractivity contribution in [1.82, 2.24) is 9.62 Å². The summed E-state index contributed by atoms with van der Waals surface area (Å²) in [7, 11) is -2.73. The molecule has 0 saturated heterocycles. The highest BCUT2D eigenvalue weighted by Gasteiger charge is 2.30. The van der Waals surface area contributed by atoms with Gasteiger partial charge in [0.25, 0.3) is 0 Å². The van der Waals surface area contributed by atoms with Gasteiger partial charge in [-0.25, -0.2) is 8.42 Å². The molecule has 0 heterocycles. The highest BCUT2D eigenvalue weighted by molar-refractivity contribution is 7.89. The molecule has 0 aliphatic carbocycles. The largest absolute Gasteiger partial charge is 0.416 e. The Morgan fingerprint density at radius 1 is 1.10 bits per heavy atom. The van der Waals surface area contributed by atoms with Crippen LogP contribution in [-0.2, 0) is 21.0 Å². The SMILES string of the molecule is CC(=O)c1ccc(S(=O)(=O)N(C)CC(=O)NCC#Cc2cccc(C(F)(F)F)c2)cc1. The number of amides is 1. The van der Waals surface area contributed by atoms with Crippen molar-refractivity contribution in [2.45, 2.75) is 18.0 Å². The second-order valence-electron chi connectivity index (χ2n) is 6.50. The number of sulfonamides is 1. The van der Waals surface area contributed by atoms with Crippen LogP contribution in [0.2, 0.25) is 0 Å². The van der Waals surface area contributed by atoms with Crippen LogP contribution < -0.4 is 5.32 Å². The molecule has 0 aliphatic rings. The maximum atomic E-state index is 12.7. The molecule has 6 nitrogen and oxygen atoms in total. The number of Topliss-reactive ketones (excluding diaryl/α,β-unsaturated/α-hetero) is 1. The van der Waals surface area contributed by atoms with Gasteiger partial charge in [0.05, 0.1) is 23.5 Å². The van der Waals surface area contributed by atoms with E-state index in [1.54, 1.807) is 0 Å². The lowest BCUT2D eigenvalue weighted by atomic mass is 10.1. The van der Waals surface area contributed by atoms with Crippen molar-refractivity contribution in [3.63, 3.8) is 0 Å². The van der Waals surface area contributed by atoms with E-state index in [1.807, 2.05) is 0 Å². The molecular formula is C21H19F3N2O4S. The number of ketones is 1. The van der Waals surface area contributed by atoms with Gasteiger partial charge in [-0.2, -0.15) is 17.5 Å². The van der Waals surface area contributed by atoms with E-state index in [1.165, 1.54) is 50.4 Å². The van der Waals surface area contributed by atoms with Crippen LogP contribution in [0.15, 0.2) is 53.4 Å². The number of halogens is 3. The summed E-state index contributed by atoms with van der Waals surface area (Å²) in [6, 6.07) is 9.78. The van der Waals surface area contributed by atoms with Crippen LogP contribution in [0.25, 0.3) is 0 Å². The van der Waals surface area contributed by atoms with E-state index in [4.69, 9.17) is 0 Å². The molecule has 10 heteroatoms. The first-order valence-electron chi connectivity index (χ1n) is 8.91. The molecule has 1 amide bonds.